The van der Waals surface area contributed by atoms with Gasteiger partial charge >= 0.3 is 5.97 Å². The van der Waals surface area contributed by atoms with E-state index in [0.29, 0.717) is 5.92 Å². The average Bonchev–Trinajstić information content (AvgIpc) is 1.86. The molecule has 0 rings (SSSR count). The van der Waals surface area contributed by atoms with Gasteiger partial charge in [0.1, 0.15) is 0 Å². The number of hydrogen-bond donors (Lipinski definition) is 2. The number of rotatable bonds is 5. The van der Waals surface area contributed by atoms with E-state index >= 15 is 0 Å². The summed E-state index contributed by atoms with van der Waals surface area (Å²) >= 11 is 0. The average molecular weight is 159 g/mol. The minimum atomic E-state index is -0.805. The first-order valence-corrected chi connectivity index (χ1v) is 4.05. The fourth-order valence-corrected chi connectivity index (χ4v) is 1.07. The molecule has 0 aliphatic carbocycles. The fourth-order valence-electron chi connectivity index (χ4n) is 1.07. The van der Waals surface area contributed by atoms with E-state index in [2.05, 4.69) is 6.92 Å². The van der Waals surface area contributed by atoms with Crippen LogP contribution in [0, 0.1) is 5.92 Å². The molecule has 0 radical (unpaired) electrons. The zero-order valence-corrected chi connectivity index (χ0v) is 7.21. The summed E-state index contributed by atoms with van der Waals surface area (Å²) < 4.78 is 0. The number of carboxylic acids is 1. The topological polar surface area (TPSA) is 63.3 Å². The first-order valence-electron chi connectivity index (χ1n) is 4.05. The molecule has 11 heavy (non-hydrogen) atoms. The van der Waals surface area contributed by atoms with Gasteiger partial charge in [-0.15, -0.1) is 0 Å². The highest BCUT2D eigenvalue weighted by atomic mass is 16.4. The van der Waals surface area contributed by atoms with Crippen molar-refractivity contribution in [3.63, 3.8) is 0 Å². The minimum absolute atomic E-state index is 0.0845. The van der Waals surface area contributed by atoms with E-state index in [1.807, 2.05) is 6.92 Å². The Labute approximate surface area is 67.6 Å². The molecule has 2 atom stereocenters. The summed E-state index contributed by atoms with van der Waals surface area (Å²) in [6, 6.07) is -0.188. The van der Waals surface area contributed by atoms with Crippen molar-refractivity contribution < 1.29 is 9.90 Å². The first-order chi connectivity index (χ1) is 5.07. The summed E-state index contributed by atoms with van der Waals surface area (Å²) in [7, 11) is 0. The molecule has 0 saturated carbocycles. The Bertz CT molecular complexity index is 125. The van der Waals surface area contributed by atoms with Crippen LogP contribution in [-0.4, -0.2) is 17.1 Å². The van der Waals surface area contributed by atoms with Crippen molar-refractivity contribution in [1.29, 1.82) is 0 Å². The lowest BCUT2D eigenvalue weighted by atomic mass is 9.95. The largest absolute Gasteiger partial charge is 0.481 e. The molecule has 3 N–H and O–H groups in total. The van der Waals surface area contributed by atoms with Crippen LogP contribution in [0.15, 0.2) is 0 Å². The predicted molar refractivity (Wildman–Crippen MR) is 44.3 cm³/mol. The van der Waals surface area contributed by atoms with Crippen LogP contribution in [0.5, 0.6) is 0 Å². The molecular formula is C8H17NO2. The van der Waals surface area contributed by atoms with Crippen molar-refractivity contribution in [3.8, 4) is 0 Å². The van der Waals surface area contributed by atoms with Crippen LogP contribution >= 0.6 is 0 Å². The highest BCUT2D eigenvalue weighted by Gasteiger charge is 2.14. The number of hydrogen-bond acceptors (Lipinski definition) is 2. The van der Waals surface area contributed by atoms with Gasteiger partial charge in [0.2, 0.25) is 0 Å². The molecule has 0 heterocycles. The summed E-state index contributed by atoms with van der Waals surface area (Å²) in [5.74, 6) is -0.489. The van der Waals surface area contributed by atoms with Crippen LogP contribution in [0.25, 0.3) is 0 Å². The molecule has 0 aromatic heterocycles. The van der Waals surface area contributed by atoms with Gasteiger partial charge in [-0.1, -0.05) is 20.3 Å². The summed E-state index contributed by atoms with van der Waals surface area (Å²) in [5, 5.41) is 8.42. The molecule has 0 spiro atoms. The SMILES string of the molecule is CCCC(C)C(N)CC(=O)O. The third-order valence-corrected chi connectivity index (χ3v) is 1.89. The standard InChI is InChI=1S/C8H17NO2/c1-3-4-6(2)7(9)5-8(10)11/h6-7H,3-5,9H2,1-2H3,(H,10,11). The second-order valence-electron chi connectivity index (χ2n) is 3.03. The molecule has 0 aromatic rings. The van der Waals surface area contributed by atoms with Crippen molar-refractivity contribution in [3.05, 3.63) is 0 Å². The molecule has 0 aliphatic rings. The van der Waals surface area contributed by atoms with E-state index in [1.165, 1.54) is 0 Å². The first kappa shape index (κ1) is 10.4. The predicted octanol–water partition coefficient (Wildman–Crippen LogP) is 1.22. The zero-order valence-electron chi connectivity index (χ0n) is 7.21. The van der Waals surface area contributed by atoms with Crippen LogP contribution in [0.3, 0.4) is 0 Å². The lowest BCUT2D eigenvalue weighted by Crippen LogP contribution is -2.30. The Kier molecular flexibility index (Phi) is 4.86. The second kappa shape index (κ2) is 5.13. The maximum atomic E-state index is 10.2. The van der Waals surface area contributed by atoms with Gasteiger partial charge in [-0.05, 0) is 12.3 Å². The van der Waals surface area contributed by atoms with Crippen LogP contribution in [-0.2, 0) is 4.79 Å². The molecule has 0 saturated heterocycles. The van der Waals surface area contributed by atoms with Gasteiger partial charge in [-0.3, -0.25) is 4.79 Å². The van der Waals surface area contributed by atoms with Crippen LogP contribution < -0.4 is 5.73 Å². The monoisotopic (exact) mass is 159 g/mol. The summed E-state index contributed by atoms with van der Waals surface area (Å²) in [4.78, 5) is 10.2. The van der Waals surface area contributed by atoms with Crippen LogP contribution in [0.2, 0.25) is 0 Å². The van der Waals surface area contributed by atoms with E-state index in [4.69, 9.17) is 10.8 Å². The van der Waals surface area contributed by atoms with Crippen molar-refractivity contribution in [2.24, 2.45) is 11.7 Å². The Hall–Kier alpha value is -0.570. The number of aliphatic carboxylic acids is 1. The molecule has 0 fully saturated rings. The second-order valence-corrected chi connectivity index (χ2v) is 3.03. The molecule has 0 aromatic carbocycles. The summed E-state index contributed by atoms with van der Waals surface area (Å²) in [6.45, 7) is 4.07. The normalized spacial score (nSPS) is 15.9. The van der Waals surface area contributed by atoms with E-state index < -0.39 is 5.97 Å². The zero-order chi connectivity index (χ0) is 8.85. The highest BCUT2D eigenvalue weighted by Crippen LogP contribution is 2.10. The Morgan fingerprint density at radius 1 is 1.64 bits per heavy atom. The van der Waals surface area contributed by atoms with E-state index in [0.717, 1.165) is 12.8 Å². The van der Waals surface area contributed by atoms with Gasteiger partial charge < -0.3 is 10.8 Å². The van der Waals surface area contributed by atoms with Gasteiger partial charge in [0.25, 0.3) is 0 Å². The number of carbonyl (C=O) groups is 1. The van der Waals surface area contributed by atoms with Crippen molar-refractivity contribution in [1.82, 2.24) is 0 Å². The fraction of sp³-hybridized carbons (Fsp3) is 0.875. The quantitative estimate of drug-likeness (QED) is 0.634. The van der Waals surface area contributed by atoms with Crippen molar-refractivity contribution >= 4 is 5.97 Å². The van der Waals surface area contributed by atoms with Gasteiger partial charge in [-0.25, -0.2) is 0 Å². The van der Waals surface area contributed by atoms with Gasteiger partial charge in [0, 0.05) is 6.04 Å². The molecular weight excluding hydrogens is 142 g/mol. The minimum Gasteiger partial charge on any atom is -0.481 e. The van der Waals surface area contributed by atoms with E-state index in [-0.39, 0.29) is 12.5 Å². The maximum absolute atomic E-state index is 10.2. The third-order valence-electron chi connectivity index (χ3n) is 1.89. The van der Waals surface area contributed by atoms with Crippen LogP contribution in [0.1, 0.15) is 33.1 Å². The third kappa shape index (κ3) is 4.79. The van der Waals surface area contributed by atoms with E-state index in [1.54, 1.807) is 0 Å². The van der Waals surface area contributed by atoms with E-state index in [9.17, 15) is 4.79 Å². The summed E-state index contributed by atoms with van der Waals surface area (Å²) in [6.07, 6.45) is 2.16. The van der Waals surface area contributed by atoms with Gasteiger partial charge in [-0.2, -0.15) is 0 Å². The lowest BCUT2D eigenvalue weighted by molar-refractivity contribution is -0.137. The highest BCUT2D eigenvalue weighted by molar-refractivity contribution is 5.67. The lowest BCUT2D eigenvalue weighted by Gasteiger charge is -2.16. The molecule has 3 nitrogen and oxygen atoms in total. The molecule has 0 aliphatic heterocycles. The number of carboxylic acid groups (broad SMARTS) is 1. The molecule has 0 amide bonds. The number of nitrogens with two attached hydrogens (primary N) is 1. The van der Waals surface area contributed by atoms with Crippen LogP contribution in [0.4, 0.5) is 0 Å². The Morgan fingerprint density at radius 3 is 2.55 bits per heavy atom. The molecule has 66 valence electrons. The van der Waals surface area contributed by atoms with Gasteiger partial charge in [0.05, 0.1) is 6.42 Å². The molecule has 2 unspecified atom stereocenters. The summed E-state index contributed by atoms with van der Waals surface area (Å²) in [5.41, 5.74) is 5.62. The van der Waals surface area contributed by atoms with Gasteiger partial charge in [0.15, 0.2) is 0 Å². The molecule has 0 bridgehead atoms. The smallest absolute Gasteiger partial charge is 0.304 e. The Morgan fingerprint density at radius 2 is 2.18 bits per heavy atom. The Balaban J connectivity index is 3.63. The molecule has 3 heteroatoms. The maximum Gasteiger partial charge on any atom is 0.304 e. The van der Waals surface area contributed by atoms with Crippen molar-refractivity contribution in [2.45, 2.75) is 39.2 Å². The van der Waals surface area contributed by atoms with Crippen molar-refractivity contribution in [2.75, 3.05) is 0 Å².